The van der Waals surface area contributed by atoms with Crippen molar-refractivity contribution in [2.45, 2.75) is 19.8 Å². The lowest BCUT2D eigenvalue weighted by molar-refractivity contribution is 0.0702. The van der Waals surface area contributed by atoms with Crippen molar-refractivity contribution in [3.63, 3.8) is 0 Å². The van der Waals surface area contributed by atoms with Gasteiger partial charge in [-0.25, -0.2) is 9.18 Å². The van der Waals surface area contributed by atoms with Crippen LogP contribution in [0.5, 0.6) is 0 Å². The van der Waals surface area contributed by atoms with Crippen molar-refractivity contribution in [1.82, 2.24) is 0 Å². The molecule has 1 aromatic carbocycles. The van der Waals surface area contributed by atoms with Gasteiger partial charge in [-0.15, -0.1) is 11.3 Å². The van der Waals surface area contributed by atoms with Crippen LogP contribution in [-0.4, -0.2) is 11.1 Å². The summed E-state index contributed by atoms with van der Waals surface area (Å²) >= 11 is 0.929. The molecule has 2 rings (SSSR count). The normalized spacial score (nSPS) is 10.8. The number of hydrogen-bond donors (Lipinski definition) is 1. The lowest BCUT2D eigenvalue weighted by atomic mass is 9.98. The van der Waals surface area contributed by atoms with Gasteiger partial charge in [-0.1, -0.05) is 13.8 Å². The van der Waals surface area contributed by atoms with Gasteiger partial charge in [0.25, 0.3) is 0 Å². The number of halogens is 1. The zero-order valence-electron chi connectivity index (χ0n) is 9.82. The van der Waals surface area contributed by atoms with Crippen LogP contribution >= 0.6 is 11.3 Å². The second-order valence-corrected chi connectivity index (χ2v) is 5.30. The second kappa shape index (κ2) is 4.39. The zero-order valence-corrected chi connectivity index (χ0v) is 10.6. The van der Waals surface area contributed by atoms with Crippen molar-refractivity contribution in [3.05, 3.63) is 34.0 Å². The fraction of sp³-hybridized carbons (Fsp3) is 0.231. The molecule has 0 radical (unpaired) electrons. The predicted molar refractivity (Wildman–Crippen MR) is 67.5 cm³/mol. The number of aromatic carboxylic acids is 1. The molecule has 0 amide bonds. The molecule has 5 heteroatoms. The van der Waals surface area contributed by atoms with Gasteiger partial charge in [-0.2, -0.15) is 5.26 Å². The van der Waals surface area contributed by atoms with Crippen molar-refractivity contribution in [1.29, 1.82) is 5.26 Å². The molecule has 0 atom stereocenters. The second-order valence-electron chi connectivity index (χ2n) is 4.25. The van der Waals surface area contributed by atoms with Gasteiger partial charge in [0.1, 0.15) is 16.8 Å². The van der Waals surface area contributed by atoms with E-state index in [0.29, 0.717) is 15.8 Å². The molecule has 1 aromatic heterocycles. The molecule has 0 aliphatic carbocycles. The molecule has 0 aliphatic rings. The van der Waals surface area contributed by atoms with E-state index in [-0.39, 0.29) is 16.2 Å². The van der Waals surface area contributed by atoms with Crippen LogP contribution in [0.1, 0.15) is 40.6 Å². The Morgan fingerprint density at radius 3 is 2.67 bits per heavy atom. The maximum absolute atomic E-state index is 14.2. The maximum Gasteiger partial charge on any atom is 0.345 e. The van der Waals surface area contributed by atoms with Crippen molar-refractivity contribution >= 4 is 27.4 Å². The van der Waals surface area contributed by atoms with E-state index in [1.54, 1.807) is 0 Å². The molecule has 3 nitrogen and oxygen atoms in total. The molecule has 18 heavy (non-hydrogen) atoms. The van der Waals surface area contributed by atoms with E-state index in [1.165, 1.54) is 12.1 Å². The highest BCUT2D eigenvalue weighted by Crippen LogP contribution is 2.34. The number of carboxylic acids is 1. The van der Waals surface area contributed by atoms with Crippen LogP contribution in [0.25, 0.3) is 10.1 Å². The summed E-state index contributed by atoms with van der Waals surface area (Å²) in [5.41, 5.74) is 0.765. The molecule has 0 saturated heterocycles. The average Bonchev–Trinajstić information content (AvgIpc) is 2.74. The molecule has 0 bridgehead atoms. The molecule has 1 N–H and O–H groups in total. The van der Waals surface area contributed by atoms with Crippen LogP contribution in [0.15, 0.2) is 12.1 Å². The summed E-state index contributed by atoms with van der Waals surface area (Å²) in [6.07, 6.45) is 0. The van der Waals surface area contributed by atoms with Crippen LogP contribution in [0.3, 0.4) is 0 Å². The lowest BCUT2D eigenvalue weighted by Crippen LogP contribution is -1.95. The van der Waals surface area contributed by atoms with E-state index in [4.69, 9.17) is 10.4 Å². The van der Waals surface area contributed by atoms with Gasteiger partial charge in [0, 0.05) is 5.39 Å². The minimum atomic E-state index is -1.11. The Balaban J connectivity index is 2.86. The van der Waals surface area contributed by atoms with E-state index < -0.39 is 11.8 Å². The first kappa shape index (κ1) is 12.5. The number of benzene rings is 1. The summed E-state index contributed by atoms with van der Waals surface area (Å²) in [5.74, 6) is -1.59. The Hall–Kier alpha value is -1.93. The number of thiophene rings is 1. The first-order chi connectivity index (χ1) is 8.45. The highest BCUT2D eigenvalue weighted by Gasteiger charge is 2.19. The third kappa shape index (κ3) is 1.85. The maximum atomic E-state index is 14.2. The van der Waals surface area contributed by atoms with Crippen molar-refractivity contribution < 1.29 is 14.3 Å². The zero-order chi connectivity index (χ0) is 13.4. The fourth-order valence-electron chi connectivity index (χ4n) is 1.80. The van der Waals surface area contributed by atoms with Crippen LogP contribution in [-0.2, 0) is 0 Å². The highest BCUT2D eigenvalue weighted by atomic mass is 32.1. The number of hydrogen-bond acceptors (Lipinski definition) is 3. The van der Waals surface area contributed by atoms with Gasteiger partial charge in [0.15, 0.2) is 0 Å². The monoisotopic (exact) mass is 263 g/mol. The summed E-state index contributed by atoms with van der Waals surface area (Å²) in [6.45, 7) is 3.66. The van der Waals surface area contributed by atoms with Crippen molar-refractivity contribution in [2.75, 3.05) is 0 Å². The number of carbonyl (C=O) groups is 1. The molecule has 2 aromatic rings. The van der Waals surface area contributed by atoms with Gasteiger partial charge in [0.2, 0.25) is 0 Å². The van der Waals surface area contributed by atoms with Crippen LogP contribution < -0.4 is 0 Å². The largest absolute Gasteiger partial charge is 0.477 e. The Morgan fingerprint density at radius 1 is 1.50 bits per heavy atom. The standard InChI is InChI=1S/C13H10FNO2S/c1-6(2)8-3-7(5-15)12-9(11(8)14)4-10(18-12)13(16)17/h3-4,6H,1-2H3,(H,16,17). The third-order valence-corrected chi connectivity index (χ3v) is 3.88. The summed E-state index contributed by atoms with van der Waals surface area (Å²) in [5, 5.41) is 18.2. The smallest absolute Gasteiger partial charge is 0.345 e. The van der Waals surface area contributed by atoms with E-state index in [9.17, 15) is 9.18 Å². The van der Waals surface area contributed by atoms with Gasteiger partial charge in [-0.05, 0) is 23.6 Å². The first-order valence-corrected chi connectivity index (χ1v) is 6.16. The number of carboxylic acid groups (broad SMARTS) is 1. The summed E-state index contributed by atoms with van der Waals surface area (Å²) in [4.78, 5) is 10.9. The van der Waals surface area contributed by atoms with E-state index in [1.807, 2.05) is 19.9 Å². The van der Waals surface area contributed by atoms with Gasteiger partial charge in [-0.3, -0.25) is 0 Å². The number of nitrogens with zero attached hydrogens (tertiary/aromatic N) is 1. The van der Waals surface area contributed by atoms with Gasteiger partial charge >= 0.3 is 5.97 Å². The molecule has 0 spiro atoms. The van der Waals surface area contributed by atoms with Gasteiger partial charge in [0.05, 0.1) is 10.3 Å². The topological polar surface area (TPSA) is 61.1 Å². The number of fused-ring (bicyclic) bond motifs is 1. The summed E-state index contributed by atoms with van der Waals surface area (Å²) < 4.78 is 14.6. The molecule has 1 heterocycles. The Labute approximate surface area is 107 Å². The fourth-order valence-corrected chi connectivity index (χ4v) is 2.76. The Kier molecular flexibility index (Phi) is 3.05. The molecule has 0 unspecified atom stereocenters. The van der Waals surface area contributed by atoms with Crippen molar-refractivity contribution in [3.8, 4) is 6.07 Å². The minimum Gasteiger partial charge on any atom is -0.477 e. The molecular weight excluding hydrogens is 253 g/mol. The minimum absolute atomic E-state index is 0.0429. The quantitative estimate of drug-likeness (QED) is 0.897. The van der Waals surface area contributed by atoms with E-state index >= 15 is 0 Å². The third-order valence-electron chi connectivity index (χ3n) is 2.72. The van der Waals surface area contributed by atoms with E-state index in [0.717, 1.165) is 11.3 Å². The molecule has 0 fully saturated rings. The SMILES string of the molecule is CC(C)c1cc(C#N)c2sc(C(=O)O)cc2c1F. The number of nitriles is 1. The van der Waals surface area contributed by atoms with E-state index in [2.05, 4.69) is 0 Å². The van der Waals surface area contributed by atoms with Crippen molar-refractivity contribution in [2.24, 2.45) is 0 Å². The molecule has 92 valence electrons. The lowest BCUT2D eigenvalue weighted by Gasteiger charge is -2.08. The number of rotatable bonds is 2. The summed E-state index contributed by atoms with van der Waals surface area (Å²) in [6, 6.07) is 4.80. The first-order valence-electron chi connectivity index (χ1n) is 5.35. The van der Waals surface area contributed by atoms with Gasteiger partial charge < -0.3 is 5.11 Å². The molecule has 0 saturated carbocycles. The average molecular weight is 263 g/mol. The molecule has 0 aliphatic heterocycles. The Bertz CT molecular complexity index is 682. The summed E-state index contributed by atoms with van der Waals surface area (Å²) in [7, 11) is 0. The van der Waals surface area contributed by atoms with Crippen LogP contribution in [0, 0.1) is 17.1 Å². The Morgan fingerprint density at radius 2 is 2.17 bits per heavy atom. The predicted octanol–water partition coefficient (Wildman–Crippen LogP) is 3.73. The van der Waals surface area contributed by atoms with Crippen LogP contribution in [0.2, 0.25) is 0 Å². The van der Waals surface area contributed by atoms with Crippen LogP contribution in [0.4, 0.5) is 4.39 Å². The highest BCUT2D eigenvalue weighted by molar-refractivity contribution is 7.21. The molecular formula is C13H10FNO2S.